The van der Waals surface area contributed by atoms with Crippen LogP contribution in [0.25, 0.3) is 0 Å². The smallest absolute Gasteiger partial charge is 0.306 e. The molecule has 6 nitrogen and oxygen atoms in total. The van der Waals surface area contributed by atoms with Crippen LogP contribution in [0.2, 0.25) is 0 Å². The maximum absolute atomic E-state index is 12.8. The topological polar surface area (TPSA) is 78.9 Å². The van der Waals surface area contributed by atoms with Crippen molar-refractivity contribution >= 4 is 17.9 Å². The van der Waals surface area contributed by atoms with E-state index in [2.05, 4.69) is 118 Å². The molecule has 0 heterocycles. The van der Waals surface area contributed by atoms with Crippen LogP contribution in [0.15, 0.2) is 170 Å². The summed E-state index contributed by atoms with van der Waals surface area (Å²) in [6, 6.07) is 0. The monoisotopic (exact) mass is 891 g/mol. The molecule has 0 saturated heterocycles. The van der Waals surface area contributed by atoms with Gasteiger partial charge in [0.2, 0.25) is 0 Å². The van der Waals surface area contributed by atoms with E-state index in [1.54, 1.807) is 0 Å². The van der Waals surface area contributed by atoms with Gasteiger partial charge in [-0.1, -0.05) is 217 Å². The van der Waals surface area contributed by atoms with Crippen LogP contribution in [0.5, 0.6) is 0 Å². The Hall–Kier alpha value is -5.23. The summed E-state index contributed by atoms with van der Waals surface area (Å²) in [6.45, 7) is 6.08. The second kappa shape index (κ2) is 51.4. The summed E-state index contributed by atoms with van der Waals surface area (Å²) < 4.78 is 16.6. The number of hydrogen-bond acceptors (Lipinski definition) is 6. The molecule has 0 fully saturated rings. The maximum Gasteiger partial charge on any atom is 0.306 e. The number of hydrogen-bond donors (Lipinski definition) is 0. The summed E-state index contributed by atoms with van der Waals surface area (Å²) in [6.07, 6.45) is 76.3. The summed E-state index contributed by atoms with van der Waals surface area (Å²) in [4.78, 5) is 37.9. The predicted molar refractivity (Wildman–Crippen MR) is 278 cm³/mol. The minimum atomic E-state index is -0.846. The van der Waals surface area contributed by atoms with Crippen molar-refractivity contribution in [1.82, 2.24) is 0 Å². The SMILES string of the molecule is CC/C=C/C=C/C=C/C=C/CCCCCCCC(=O)OC(COC(=O)CC/C=C/C/C=C/C/C=C/C/C=C/C/C=C/C/C=C/CC)COC(=O)CCCCC/C=C/C=C/C=C/C=C/CC. The molecule has 0 N–H and O–H groups in total. The molecule has 6 heteroatoms. The number of rotatable bonds is 41. The largest absolute Gasteiger partial charge is 0.462 e. The Labute approximate surface area is 396 Å². The Morgan fingerprint density at radius 1 is 0.323 bits per heavy atom. The van der Waals surface area contributed by atoms with Crippen molar-refractivity contribution in [1.29, 1.82) is 0 Å². The fourth-order valence-electron chi connectivity index (χ4n) is 5.78. The molecule has 0 rings (SSSR count). The normalized spacial score (nSPS) is 13.6. The first-order valence-corrected chi connectivity index (χ1v) is 24.7. The summed E-state index contributed by atoms with van der Waals surface area (Å²) in [5.74, 6) is -1.11. The van der Waals surface area contributed by atoms with Crippen LogP contribution in [0.4, 0.5) is 0 Å². The van der Waals surface area contributed by atoms with Gasteiger partial charge < -0.3 is 14.2 Å². The fraction of sp³-hybridized carbons (Fsp3) is 0.475. The van der Waals surface area contributed by atoms with Gasteiger partial charge in [0.15, 0.2) is 6.10 Å². The molecule has 0 aliphatic rings. The molecule has 0 aromatic rings. The maximum atomic E-state index is 12.8. The lowest BCUT2D eigenvalue weighted by atomic mass is 10.1. The third-order valence-corrected chi connectivity index (χ3v) is 9.40. The number of carbonyl (C=O) groups is 3. The molecule has 0 saturated carbocycles. The highest BCUT2D eigenvalue weighted by Crippen LogP contribution is 2.11. The van der Waals surface area contributed by atoms with Crippen LogP contribution < -0.4 is 0 Å². The van der Waals surface area contributed by atoms with Crippen molar-refractivity contribution in [2.45, 2.75) is 168 Å². The van der Waals surface area contributed by atoms with Crippen molar-refractivity contribution in [2.24, 2.45) is 0 Å². The Kier molecular flexibility index (Phi) is 47.3. The summed E-state index contributed by atoms with van der Waals surface area (Å²) in [5.41, 5.74) is 0. The third kappa shape index (κ3) is 49.6. The Morgan fingerprint density at radius 2 is 0.662 bits per heavy atom. The first-order chi connectivity index (χ1) is 32.0. The van der Waals surface area contributed by atoms with Gasteiger partial charge in [0.1, 0.15) is 13.2 Å². The minimum Gasteiger partial charge on any atom is -0.462 e. The van der Waals surface area contributed by atoms with Crippen molar-refractivity contribution in [3.05, 3.63) is 170 Å². The van der Waals surface area contributed by atoms with Gasteiger partial charge in [0.25, 0.3) is 0 Å². The van der Waals surface area contributed by atoms with Gasteiger partial charge in [-0.2, -0.15) is 0 Å². The van der Waals surface area contributed by atoms with Gasteiger partial charge in [0.05, 0.1) is 0 Å². The number of carbonyl (C=O) groups excluding carboxylic acids is 3. The molecule has 0 aromatic heterocycles. The molecule has 0 aliphatic heterocycles. The van der Waals surface area contributed by atoms with E-state index in [0.717, 1.165) is 103 Å². The zero-order valence-corrected chi connectivity index (χ0v) is 40.7. The second-order valence-electron chi connectivity index (χ2n) is 15.4. The van der Waals surface area contributed by atoms with Crippen LogP contribution >= 0.6 is 0 Å². The molecule has 1 unspecified atom stereocenters. The van der Waals surface area contributed by atoms with Gasteiger partial charge in [-0.15, -0.1) is 0 Å². The molecule has 0 radical (unpaired) electrons. The molecule has 1 atom stereocenters. The Balaban J connectivity index is 4.64. The van der Waals surface area contributed by atoms with Crippen molar-refractivity contribution in [3.8, 4) is 0 Å². The fourth-order valence-corrected chi connectivity index (χ4v) is 5.78. The highest BCUT2D eigenvalue weighted by molar-refractivity contribution is 5.71. The number of ether oxygens (including phenoxy) is 3. The molecule has 358 valence electrons. The molecular formula is C59H86O6. The lowest BCUT2D eigenvalue weighted by molar-refractivity contribution is -0.166. The van der Waals surface area contributed by atoms with E-state index in [0.29, 0.717) is 19.3 Å². The Morgan fingerprint density at radius 3 is 1.12 bits per heavy atom. The van der Waals surface area contributed by atoms with E-state index in [1.807, 2.05) is 72.9 Å². The number of allylic oxidation sites excluding steroid dienone is 28. The lowest BCUT2D eigenvalue weighted by Crippen LogP contribution is -2.30. The van der Waals surface area contributed by atoms with E-state index in [-0.39, 0.29) is 50.4 Å². The van der Waals surface area contributed by atoms with Crippen LogP contribution in [-0.4, -0.2) is 37.2 Å². The summed E-state index contributed by atoms with van der Waals surface area (Å²) in [5, 5.41) is 0. The van der Waals surface area contributed by atoms with Gasteiger partial charge >= 0.3 is 17.9 Å². The van der Waals surface area contributed by atoms with Crippen molar-refractivity contribution in [2.75, 3.05) is 13.2 Å². The van der Waals surface area contributed by atoms with Gasteiger partial charge in [-0.05, 0) is 96.3 Å². The zero-order valence-electron chi connectivity index (χ0n) is 40.7. The highest BCUT2D eigenvalue weighted by atomic mass is 16.6. The van der Waals surface area contributed by atoms with Crippen molar-refractivity contribution in [3.63, 3.8) is 0 Å². The van der Waals surface area contributed by atoms with E-state index >= 15 is 0 Å². The summed E-state index contributed by atoms with van der Waals surface area (Å²) in [7, 11) is 0. The summed E-state index contributed by atoms with van der Waals surface area (Å²) >= 11 is 0. The standard InChI is InChI=1S/C59H86O6/c1-4-7-10-13-16-19-22-25-27-28-29-30-32-34-37-40-43-46-49-52-58(61)64-55-56(54-63-57(60)51-48-45-42-39-36-33-24-21-18-15-12-9-6-3)65-59(62)53-50-47-44-41-38-35-31-26-23-20-17-14-11-8-5-2/h7-12,14-21,23-27,29-31,33-34,36-37,43,46,56H,4-6,13,22,28,32,35,38-42,44-45,47-55H2,1-3H3/b10-7+,11-8+,12-9+,17-14+,18-15+,19-16+,23-20+,24-21+,27-25+,30-29+,31-26+,36-33+,37-34+,46-43+. The predicted octanol–water partition coefficient (Wildman–Crippen LogP) is 16.4. The molecule has 65 heavy (non-hydrogen) atoms. The van der Waals surface area contributed by atoms with E-state index < -0.39 is 6.10 Å². The first kappa shape index (κ1) is 59.8. The molecule has 0 bridgehead atoms. The number of unbranched alkanes of at least 4 members (excludes halogenated alkanes) is 8. The van der Waals surface area contributed by atoms with Gasteiger partial charge in [0, 0.05) is 19.3 Å². The van der Waals surface area contributed by atoms with Crippen molar-refractivity contribution < 1.29 is 28.6 Å². The lowest BCUT2D eigenvalue weighted by Gasteiger charge is -2.18. The van der Waals surface area contributed by atoms with Crippen LogP contribution in [-0.2, 0) is 28.6 Å². The molecule has 0 amide bonds. The van der Waals surface area contributed by atoms with Crippen LogP contribution in [0.3, 0.4) is 0 Å². The van der Waals surface area contributed by atoms with Gasteiger partial charge in [-0.3, -0.25) is 14.4 Å². The van der Waals surface area contributed by atoms with Crippen LogP contribution in [0.1, 0.15) is 162 Å². The zero-order chi connectivity index (χ0) is 47.2. The average Bonchev–Trinajstić information content (AvgIpc) is 3.30. The average molecular weight is 891 g/mol. The highest BCUT2D eigenvalue weighted by Gasteiger charge is 2.19. The number of esters is 3. The van der Waals surface area contributed by atoms with E-state index in [4.69, 9.17) is 14.2 Å². The first-order valence-electron chi connectivity index (χ1n) is 24.7. The quantitative estimate of drug-likeness (QED) is 0.0200. The van der Waals surface area contributed by atoms with Crippen LogP contribution in [0, 0.1) is 0 Å². The molecular weight excluding hydrogens is 805 g/mol. The second-order valence-corrected chi connectivity index (χ2v) is 15.4. The van der Waals surface area contributed by atoms with E-state index in [9.17, 15) is 14.4 Å². The molecule has 0 aliphatic carbocycles. The van der Waals surface area contributed by atoms with Gasteiger partial charge in [-0.25, -0.2) is 0 Å². The third-order valence-electron chi connectivity index (χ3n) is 9.40. The van der Waals surface area contributed by atoms with E-state index in [1.165, 1.54) is 0 Å². The molecule has 0 spiro atoms. The minimum absolute atomic E-state index is 0.141. The Bertz CT molecular complexity index is 1590. The molecule has 0 aromatic carbocycles.